The van der Waals surface area contributed by atoms with E-state index < -0.39 is 0 Å². The number of nitrogens with zero attached hydrogens (tertiary/aromatic N) is 4. The zero-order valence-electron chi connectivity index (χ0n) is 12.5. The number of hydrogen-bond donors (Lipinski definition) is 3. The van der Waals surface area contributed by atoms with Gasteiger partial charge in [0.1, 0.15) is 5.82 Å². The molecule has 7 heteroatoms. The number of H-pyrrole nitrogens is 1. The Kier molecular flexibility index (Phi) is 3.92. The highest BCUT2D eigenvalue weighted by molar-refractivity contribution is 5.87. The number of fused-ring (bicyclic) bond motifs is 1. The summed E-state index contributed by atoms with van der Waals surface area (Å²) < 4.78 is 0. The SMILES string of the molecule is CCNc1nc(N(C)C2CCCCC2O)c2cn[nH]c2n1. The Morgan fingerprint density at radius 2 is 2.19 bits per heavy atom. The van der Waals surface area contributed by atoms with Crippen LogP contribution in [0.4, 0.5) is 11.8 Å². The van der Waals surface area contributed by atoms with Gasteiger partial charge in [-0.1, -0.05) is 12.8 Å². The fourth-order valence-corrected chi connectivity index (χ4v) is 3.03. The number of anilines is 2. The van der Waals surface area contributed by atoms with Crippen molar-refractivity contribution >= 4 is 22.8 Å². The third-order valence-electron chi connectivity index (χ3n) is 4.15. The fraction of sp³-hybridized carbons (Fsp3) is 0.643. The molecule has 0 amide bonds. The minimum absolute atomic E-state index is 0.0984. The maximum atomic E-state index is 10.3. The van der Waals surface area contributed by atoms with Crippen molar-refractivity contribution in [2.75, 3.05) is 23.8 Å². The van der Waals surface area contributed by atoms with Crippen molar-refractivity contribution in [2.45, 2.75) is 44.8 Å². The lowest BCUT2D eigenvalue weighted by Gasteiger charge is -2.36. The van der Waals surface area contributed by atoms with E-state index in [1.807, 2.05) is 14.0 Å². The molecule has 0 radical (unpaired) electrons. The second-order valence-electron chi connectivity index (χ2n) is 5.56. The largest absolute Gasteiger partial charge is 0.391 e. The van der Waals surface area contributed by atoms with Crippen LogP contribution in [-0.4, -0.2) is 51.0 Å². The van der Waals surface area contributed by atoms with Crippen LogP contribution in [0.3, 0.4) is 0 Å². The number of hydrogen-bond acceptors (Lipinski definition) is 6. The van der Waals surface area contributed by atoms with Crippen molar-refractivity contribution in [3.05, 3.63) is 6.20 Å². The molecule has 0 bridgehead atoms. The predicted octanol–water partition coefficient (Wildman–Crippen LogP) is 1.52. The number of likely N-dealkylation sites (N-methyl/N-ethyl adjacent to an activating group) is 1. The number of nitrogens with one attached hydrogen (secondary N) is 2. The minimum atomic E-state index is -0.303. The summed E-state index contributed by atoms with van der Waals surface area (Å²) in [6.07, 6.45) is 5.52. The van der Waals surface area contributed by atoms with E-state index in [4.69, 9.17) is 0 Å². The van der Waals surface area contributed by atoms with Crippen molar-refractivity contribution < 1.29 is 5.11 Å². The molecular formula is C14H22N6O. The summed E-state index contributed by atoms with van der Waals surface area (Å²) in [6, 6.07) is 0.0984. The molecule has 1 fully saturated rings. The van der Waals surface area contributed by atoms with Crippen LogP contribution in [0.15, 0.2) is 6.20 Å². The molecule has 0 spiro atoms. The smallest absolute Gasteiger partial charge is 0.226 e. The standard InChI is InChI=1S/C14H22N6O/c1-3-15-14-17-12-9(8-16-19-12)13(18-14)20(2)10-6-4-5-7-11(10)21/h8,10-11,21H,3-7H2,1-2H3,(H2,15,16,17,18,19). The van der Waals surface area contributed by atoms with E-state index in [9.17, 15) is 5.11 Å². The zero-order chi connectivity index (χ0) is 14.8. The summed E-state index contributed by atoms with van der Waals surface area (Å²) in [5.74, 6) is 1.40. The second-order valence-corrected chi connectivity index (χ2v) is 5.56. The maximum absolute atomic E-state index is 10.3. The van der Waals surface area contributed by atoms with E-state index in [-0.39, 0.29) is 12.1 Å². The van der Waals surface area contributed by atoms with Crippen LogP contribution in [0.5, 0.6) is 0 Å². The van der Waals surface area contributed by atoms with E-state index in [1.54, 1.807) is 6.20 Å². The first-order chi connectivity index (χ1) is 10.2. The quantitative estimate of drug-likeness (QED) is 0.791. The molecular weight excluding hydrogens is 268 g/mol. The summed E-state index contributed by atoms with van der Waals surface area (Å²) in [5, 5.41) is 21.3. The molecule has 0 saturated heterocycles. The zero-order valence-corrected chi connectivity index (χ0v) is 12.5. The number of aromatic nitrogens is 4. The van der Waals surface area contributed by atoms with Crippen LogP contribution in [-0.2, 0) is 0 Å². The normalized spacial score (nSPS) is 22.4. The average molecular weight is 290 g/mol. The van der Waals surface area contributed by atoms with Gasteiger partial charge >= 0.3 is 0 Å². The minimum Gasteiger partial charge on any atom is -0.391 e. The fourth-order valence-electron chi connectivity index (χ4n) is 3.03. The van der Waals surface area contributed by atoms with E-state index >= 15 is 0 Å². The first kappa shape index (κ1) is 14.1. The van der Waals surface area contributed by atoms with Crippen LogP contribution in [0.2, 0.25) is 0 Å². The van der Waals surface area contributed by atoms with Crippen LogP contribution < -0.4 is 10.2 Å². The summed E-state index contributed by atoms with van der Waals surface area (Å²) in [5.41, 5.74) is 0.716. The molecule has 7 nitrogen and oxygen atoms in total. The third-order valence-corrected chi connectivity index (χ3v) is 4.15. The maximum Gasteiger partial charge on any atom is 0.226 e. The Bertz CT molecular complexity index is 613. The van der Waals surface area contributed by atoms with Gasteiger partial charge in [0.15, 0.2) is 5.65 Å². The Hall–Kier alpha value is -1.89. The van der Waals surface area contributed by atoms with Crippen LogP contribution in [0, 0.1) is 0 Å². The number of aliphatic hydroxyl groups is 1. The molecule has 0 aromatic carbocycles. The molecule has 3 rings (SSSR count). The van der Waals surface area contributed by atoms with E-state index in [0.29, 0.717) is 11.6 Å². The van der Waals surface area contributed by atoms with E-state index in [2.05, 4.69) is 30.4 Å². The number of aliphatic hydroxyl groups excluding tert-OH is 1. The van der Waals surface area contributed by atoms with E-state index in [0.717, 1.165) is 43.4 Å². The van der Waals surface area contributed by atoms with Gasteiger partial charge in [-0.15, -0.1) is 0 Å². The Morgan fingerprint density at radius 1 is 1.38 bits per heavy atom. The highest BCUT2D eigenvalue weighted by atomic mass is 16.3. The lowest BCUT2D eigenvalue weighted by atomic mass is 9.91. The Balaban J connectivity index is 1.99. The van der Waals surface area contributed by atoms with Gasteiger partial charge in [0.05, 0.1) is 23.7 Å². The third kappa shape index (κ3) is 2.65. The lowest BCUT2D eigenvalue weighted by Crippen LogP contribution is -2.44. The molecule has 1 saturated carbocycles. The van der Waals surface area contributed by atoms with Gasteiger partial charge in [0.25, 0.3) is 0 Å². The molecule has 2 aromatic heterocycles. The molecule has 1 aliphatic carbocycles. The lowest BCUT2D eigenvalue weighted by molar-refractivity contribution is 0.106. The average Bonchev–Trinajstić information content (AvgIpc) is 2.95. The van der Waals surface area contributed by atoms with Gasteiger partial charge in [-0.3, -0.25) is 5.10 Å². The van der Waals surface area contributed by atoms with Gasteiger partial charge < -0.3 is 15.3 Å². The van der Waals surface area contributed by atoms with Crippen LogP contribution in [0.1, 0.15) is 32.6 Å². The molecule has 3 N–H and O–H groups in total. The molecule has 2 aromatic rings. The molecule has 21 heavy (non-hydrogen) atoms. The molecule has 2 unspecified atom stereocenters. The summed E-state index contributed by atoms with van der Waals surface area (Å²) >= 11 is 0. The first-order valence-corrected chi connectivity index (χ1v) is 7.56. The van der Waals surface area contributed by atoms with Crippen molar-refractivity contribution in [3.8, 4) is 0 Å². The molecule has 0 aliphatic heterocycles. The Morgan fingerprint density at radius 3 is 2.95 bits per heavy atom. The summed E-state index contributed by atoms with van der Waals surface area (Å²) in [6.45, 7) is 2.77. The topological polar surface area (TPSA) is 90.0 Å². The number of rotatable bonds is 4. The van der Waals surface area contributed by atoms with Gasteiger partial charge in [-0.05, 0) is 19.8 Å². The van der Waals surface area contributed by atoms with Crippen molar-refractivity contribution in [1.29, 1.82) is 0 Å². The van der Waals surface area contributed by atoms with Crippen molar-refractivity contribution in [2.24, 2.45) is 0 Å². The van der Waals surface area contributed by atoms with Crippen molar-refractivity contribution in [1.82, 2.24) is 20.2 Å². The van der Waals surface area contributed by atoms with Crippen molar-refractivity contribution in [3.63, 3.8) is 0 Å². The van der Waals surface area contributed by atoms with Gasteiger partial charge in [-0.2, -0.15) is 15.1 Å². The molecule has 2 heterocycles. The van der Waals surface area contributed by atoms with Gasteiger partial charge in [-0.25, -0.2) is 0 Å². The van der Waals surface area contributed by atoms with Crippen LogP contribution >= 0.6 is 0 Å². The number of aromatic amines is 1. The van der Waals surface area contributed by atoms with Crippen LogP contribution in [0.25, 0.3) is 11.0 Å². The van der Waals surface area contributed by atoms with Gasteiger partial charge in [0.2, 0.25) is 5.95 Å². The molecule has 1 aliphatic rings. The molecule has 2 atom stereocenters. The first-order valence-electron chi connectivity index (χ1n) is 7.56. The summed E-state index contributed by atoms with van der Waals surface area (Å²) in [4.78, 5) is 11.1. The predicted molar refractivity (Wildman–Crippen MR) is 82.5 cm³/mol. The van der Waals surface area contributed by atoms with Gasteiger partial charge in [0, 0.05) is 13.6 Å². The van der Waals surface area contributed by atoms with E-state index in [1.165, 1.54) is 0 Å². The summed E-state index contributed by atoms with van der Waals surface area (Å²) in [7, 11) is 1.99. The second kappa shape index (κ2) is 5.85. The molecule has 114 valence electrons. The highest BCUT2D eigenvalue weighted by Crippen LogP contribution is 2.29. The highest BCUT2D eigenvalue weighted by Gasteiger charge is 2.29. The Labute approximate surface area is 123 Å². The monoisotopic (exact) mass is 290 g/mol.